The summed E-state index contributed by atoms with van der Waals surface area (Å²) in [4.78, 5) is 0. The molecule has 1 fully saturated rings. The van der Waals surface area contributed by atoms with Gasteiger partial charge in [-0.15, -0.1) is 0 Å². The van der Waals surface area contributed by atoms with Gasteiger partial charge in [-0.05, 0) is 55.0 Å². The topological polar surface area (TPSA) is 12.0 Å². The predicted octanol–water partition coefficient (Wildman–Crippen LogP) is 4.76. The zero-order valence-electron chi connectivity index (χ0n) is 12.4. The Morgan fingerprint density at radius 2 is 1.89 bits per heavy atom. The summed E-state index contributed by atoms with van der Waals surface area (Å²) in [6.07, 6.45) is 6.41. The van der Waals surface area contributed by atoms with E-state index in [1.165, 1.54) is 32.1 Å². The molecule has 0 aromatic heterocycles. The molecule has 1 aliphatic carbocycles. The van der Waals surface area contributed by atoms with E-state index in [4.69, 9.17) is 0 Å². The molecule has 0 bridgehead atoms. The van der Waals surface area contributed by atoms with Crippen molar-refractivity contribution in [3.05, 3.63) is 35.1 Å². The molecule has 1 atom stereocenters. The van der Waals surface area contributed by atoms with Gasteiger partial charge in [-0.1, -0.05) is 39.2 Å². The fraction of sp³-hybridized carbons (Fsp3) is 0.647. The minimum Gasteiger partial charge on any atom is -0.310 e. The summed E-state index contributed by atoms with van der Waals surface area (Å²) < 4.78 is 13.7. The highest BCUT2D eigenvalue weighted by atomic mass is 19.1. The highest BCUT2D eigenvalue weighted by molar-refractivity contribution is 5.28. The van der Waals surface area contributed by atoms with Gasteiger partial charge in [0.1, 0.15) is 5.82 Å². The van der Waals surface area contributed by atoms with Crippen molar-refractivity contribution >= 4 is 0 Å². The SMILES string of the molecule is CCNC(c1cc(C)cc(F)c1)C1(C)CCCCC1. The van der Waals surface area contributed by atoms with Crippen LogP contribution in [0.25, 0.3) is 0 Å². The second-order valence-corrected chi connectivity index (χ2v) is 6.27. The van der Waals surface area contributed by atoms with Gasteiger partial charge in [-0.3, -0.25) is 0 Å². The van der Waals surface area contributed by atoms with Crippen LogP contribution in [0.4, 0.5) is 4.39 Å². The van der Waals surface area contributed by atoms with Gasteiger partial charge in [0.15, 0.2) is 0 Å². The number of hydrogen-bond donors (Lipinski definition) is 1. The van der Waals surface area contributed by atoms with Crippen LogP contribution in [-0.2, 0) is 0 Å². The van der Waals surface area contributed by atoms with Crippen LogP contribution in [0.3, 0.4) is 0 Å². The van der Waals surface area contributed by atoms with Gasteiger partial charge in [0.05, 0.1) is 0 Å². The molecule has 0 amide bonds. The minimum atomic E-state index is -0.114. The van der Waals surface area contributed by atoms with Crippen LogP contribution in [-0.4, -0.2) is 6.54 Å². The maximum Gasteiger partial charge on any atom is 0.123 e. The molecule has 1 aromatic rings. The monoisotopic (exact) mass is 263 g/mol. The van der Waals surface area contributed by atoms with Crippen LogP contribution in [0.15, 0.2) is 18.2 Å². The van der Waals surface area contributed by atoms with Crippen LogP contribution in [0.1, 0.15) is 63.1 Å². The van der Waals surface area contributed by atoms with Crippen molar-refractivity contribution in [3.8, 4) is 0 Å². The molecule has 1 nitrogen and oxygen atoms in total. The lowest BCUT2D eigenvalue weighted by Crippen LogP contribution is -2.37. The van der Waals surface area contributed by atoms with Gasteiger partial charge in [-0.25, -0.2) is 4.39 Å². The molecule has 1 aliphatic rings. The average molecular weight is 263 g/mol. The van der Waals surface area contributed by atoms with E-state index >= 15 is 0 Å². The Kier molecular flexibility index (Phi) is 4.62. The highest BCUT2D eigenvalue weighted by Crippen LogP contribution is 2.45. The van der Waals surface area contributed by atoms with E-state index in [1.54, 1.807) is 12.1 Å². The molecule has 1 saturated carbocycles. The number of aryl methyl sites for hydroxylation is 1. The molecular weight excluding hydrogens is 237 g/mol. The summed E-state index contributed by atoms with van der Waals surface area (Å²) >= 11 is 0. The summed E-state index contributed by atoms with van der Waals surface area (Å²) in [6, 6.07) is 5.72. The maximum absolute atomic E-state index is 13.7. The molecule has 1 aromatic carbocycles. The molecule has 2 heteroatoms. The van der Waals surface area contributed by atoms with Crippen molar-refractivity contribution in [3.63, 3.8) is 0 Å². The van der Waals surface area contributed by atoms with Gasteiger partial charge in [0, 0.05) is 6.04 Å². The fourth-order valence-corrected chi connectivity index (χ4v) is 3.55. The Labute approximate surface area is 116 Å². The summed E-state index contributed by atoms with van der Waals surface area (Å²) in [5.74, 6) is -0.114. The third-order valence-electron chi connectivity index (χ3n) is 4.50. The predicted molar refractivity (Wildman–Crippen MR) is 78.7 cm³/mol. The van der Waals surface area contributed by atoms with E-state index in [0.717, 1.165) is 17.7 Å². The lowest BCUT2D eigenvalue weighted by molar-refractivity contribution is 0.146. The zero-order chi connectivity index (χ0) is 13.9. The molecule has 19 heavy (non-hydrogen) atoms. The average Bonchev–Trinajstić information content (AvgIpc) is 2.35. The highest BCUT2D eigenvalue weighted by Gasteiger charge is 2.36. The fourth-order valence-electron chi connectivity index (χ4n) is 3.55. The van der Waals surface area contributed by atoms with Crippen molar-refractivity contribution in [1.82, 2.24) is 5.32 Å². The normalized spacial score (nSPS) is 20.2. The van der Waals surface area contributed by atoms with Crippen molar-refractivity contribution in [2.75, 3.05) is 6.54 Å². The Hall–Kier alpha value is -0.890. The van der Waals surface area contributed by atoms with Gasteiger partial charge >= 0.3 is 0 Å². The molecule has 0 spiro atoms. The number of rotatable bonds is 4. The second kappa shape index (κ2) is 6.04. The van der Waals surface area contributed by atoms with Gasteiger partial charge in [0.25, 0.3) is 0 Å². The molecular formula is C17H26FN. The summed E-state index contributed by atoms with van der Waals surface area (Å²) in [7, 11) is 0. The van der Waals surface area contributed by atoms with E-state index in [1.807, 2.05) is 6.92 Å². The van der Waals surface area contributed by atoms with E-state index in [0.29, 0.717) is 0 Å². The second-order valence-electron chi connectivity index (χ2n) is 6.27. The molecule has 0 aliphatic heterocycles. The number of benzene rings is 1. The third-order valence-corrected chi connectivity index (χ3v) is 4.50. The summed E-state index contributed by atoms with van der Waals surface area (Å²) in [5, 5.41) is 3.60. The van der Waals surface area contributed by atoms with E-state index in [9.17, 15) is 4.39 Å². The smallest absolute Gasteiger partial charge is 0.123 e. The molecule has 106 valence electrons. The summed E-state index contributed by atoms with van der Waals surface area (Å²) in [5.41, 5.74) is 2.38. The zero-order valence-corrected chi connectivity index (χ0v) is 12.4. The largest absolute Gasteiger partial charge is 0.310 e. The van der Waals surface area contributed by atoms with Crippen LogP contribution in [0.2, 0.25) is 0 Å². The number of nitrogens with one attached hydrogen (secondary N) is 1. The first-order valence-electron chi connectivity index (χ1n) is 7.55. The molecule has 0 saturated heterocycles. The van der Waals surface area contributed by atoms with E-state index in [2.05, 4.69) is 25.2 Å². The van der Waals surface area contributed by atoms with E-state index < -0.39 is 0 Å². The van der Waals surface area contributed by atoms with Crippen LogP contribution < -0.4 is 5.32 Å². The summed E-state index contributed by atoms with van der Waals surface area (Å²) in [6.45, 7) is 7.39. The first-order chi connectivity index (χ1) is 9.05. The third kappa shape index (κ3) is 3.36. The first-order valence-corrected chi connectivity index (χ1v) is 7.55. The number of halogens is 1. The lowest BCUT2D eigenvalue weighted by atomic mass is 9.68. The lowest BCUT2D eigenvalue weighted by Gasteiger charge is -2.41. The van der Waals surface area contributed by atoms with Crippen molar-refractivity contribution < 1.29 is 4.39 Å². The van der Waals surface area contributed by atoms with E-state index in [-0.39, 0.29) is 17.3 Å². The Bertz CT molecular complexity index is 401. The van der Waals surface area contributed by atoms with Crippen molar-refractivity contribution in [2.45, 2.75) is 58.9 Å². The molecule has 1 N–H and O–H groups in total. The number of hydrogen-bond acceptors (Lipinski definition) is 1. The van der Waals surface area contributed by atoms with Crippen LogP contribution in [0, 0.1) is 18.2 Å². The molecule has 0 radical (unpaired) electrons. The molecule has 2 rings (SSSR count). The Balaban J connectivity index is 2.32. The van der Waals surface area contributed by atoms with Crippen LogP contribution >= 0.6 is 0 Å². The Morgan fingerprint density at radius 1 is 1.21 bits per heavy atom. The van der Waals surface area contributed by atoms with Crippen molar-refractivity contribution in [2.24, 2.45) is 5.41 Å². The quantitative estimate of drug-likeness (QED) is 0.826. The maximum atomic E-state index is 13.7. The Morgan fingerprint density at radius 3 is 2.47 bits per heavy atom. The van der Waals surface area contributed by atoms with Gasteiger partial charge in [0.2, 0.25) is 0 Å². The standard InChI is InChI=1S/C17H26FN/c1-4-19-16(17(3)8-6-5-7-9-17)14-10-13(2)11-15(18)12-14/h10-12,16,19H,4-9H2,1-3H3. The van der Waals surface area contributed by atoms with Crippen molar-refractivity contribution in [1.29, 1.82) is 0 Å². The minimum absolute atomic E-state index is 0.114. The van der Waals surface area contributed by atoms with Crippen LogP contribution in [0.5, 0.6) is 0 Å². The van der Waals surface area contributed by atoms with Gasteiger partial charge < -0.3 is 5.32 Å². The molecule has 0 heterocycles. The first kappa shape index (κ1) is 14.5. The van der Waals surface area contributed by atoms with Gasteiger partial charge in [-0.2, -0.15) is 0 Å². The molecule has 1 unspecified atom stereocenters.